The summed E-state index contributed by atoms with van der Waals surface area (Å²) in [4.78, 5) is 18.1. The Balaban J connectivity index is 1.74. The molecule has 5 heteroatoms. The lowest BCUT2D eigenvalue weighted by atomic mass is 9.97. The Labute approximate surface area is 136 Å². The van der Waals surface area contributed by atoms with Crippen LogP contribution in [0.25, 0.3) is 0 Å². The molecule has 2 aliphatic heterocycles. The summed E-state index contributed by atoms with van der Waals surface area (Å²) in [6, 6.07) is 8.62. The van der Waals surface area contributed by atoms with Crippen LogP contribution in [0, 0.1) is 0 Å². The molecule has 1 aromatic rings. The van der Waals surface area contributed by atoms with Crippen molar-refractivity contribution in [3.8, 4) is 0 Å². The summed E-state index contributed by atoms with van der Waals surface area (Å²) in [6.07, 6.45) is 3.23. The lowest BCUT2D eigenvalue weighted by Crippen LogP contribution is -2.52. The second-order valence-electron chi connectivity index (χ2n) is 6.15. The van der Waals surface area contributed by atoms with Gasteiger partial charge in [0.2, 0.25) is 5.91 Å². The zero-order chi connectivity index (χ0) is 15.5. The largest absolute Gasteiger partial charge is 0.395 e. The highest BCUT2D eigenvalue weighted by atomic mass is 32.2. The predicted molar refractivity (Wildman–Crippen MR) is 90.4 cm³/mol. The average molecular weight is 320 g/mol. The van der Waals surface area contributed by atoms with Crippen LogP contribution in [0.5, 0.6) is 0 Å². The van der Waals surface area contributed by atoms with Gasteiger partial charge in [0.05, 0.1) is 18.8 Å². The Morgan fingerprint density at radius 3 is 3.00 bits per heavy atom. The molecule has 1 fully saturated rings. The van der Waals surface area contributed by atoms with E-state index in [0.717, 1.165) is 37.2 Å². The fraction of sp³-hybridized carbons (Fsp3) is 0.588. The smallest absolute Gasteiger partial charge is 0.241 e. The third-order valence-electron chi connectivity index (χ3n) is 4.75. The molecule has 120 valence electrons. The van der Waals surface area contributed by atoms with E-state index in [-0.39, 0.29) is 18.6 Å². The molecule has 0 aliphatic carbocycles. The van der Waals surface area contributed by atoms with Crippen molar-refractivity contribution in [2.24, 2.45) is 0 Å². The fourth-order valence-electron chi connectivity index (χ4n) is 3.49. The van der Waals surface area contributed by atoms with Gasteiger partial charge in [0.1, 0.15) is 0 Å². The number of amides is 1. The number of hydrogen-bond donors (Lipinski definition) is 1. The predicted octanol–water partition coefficient (Wildman–Crippen LogP) is 2.36. The molecule has 2 unspecified atom stereocenters. The molecular weight excluding hydrogens is 296 g/mol. The topological polar surface area (TPSA) is 43.8 Å². The zero-order valence-corrected chi connectivity index (χ0v) is 13.9. The average Bonchev–Trinajstić information content (AvgIpc) is 2.56. The van der Waals surface area contributed by atoms with Gasteiger partial charge in [0, 0.05) is 29.3 Å². The Morgan fingerprint density at radius 1 is 1.36 bits per heavy atom. The molecule has 22 heavy (non-hydrogen) atoms. The van der Waals surface area contributed by atoms with Gasteiger partial charge in [-0.25, -0.2) is 0 Å². The maximum absolute atomic E-state index is 12.8. The summed E-state index contributed by atoms with van der Waals surface area (Å²) in [5.74, 6) is 1.10. The Hall–Kier alpha value is -1.04. The van der Waals surface area contributed by atoms with Gasteiger partial charge in [0.25, 0.3) is 0 Å². The maximum Gasteiger partial charge on any atom is 0.241 e. The molecule has 1 aromatic carbocycles. The van der Waals surface area contributed by atoms with Crippen molar-refractivity contribution < 1.29 is 9.90 Å². The highest BCUT2D eigenvalue weighted by Gasteiger charge is 2.31. The number of anilines is 1. The molecule has 0 aromatic heterocycles. The quantitative estimate of drug-likeness (QED) is 0.928. The number of carbonyl (C=O) groups excluding carboxylic acids is 1. The van der Waals surface area contributed by atoms with E-state index < -0.39 is 0 Å². The molecule has 0 saturated carbocycles. The van der Waals surface area contributed by atoms with E-state index in [1.165, 1.54) is 4.90 Å². The molecule has 1 saturated heterocycles. The van der Waals surface area contributed by atoms with Crippen LogP contribution >= 0.6 is 11.8 Å². The number of piperidine rings is 1. The van der Waals surface area contributed by atoms with Crippen LogP contribution in [-0.2, 0) is 4.79 Å². The molecule has 4 nitrogen and oxygen atoms in total. The van der Waals surface area contributed by atoms with Gasteiger partial charge in [-0.1, -0.05) is 18.6 Å². The summed E-state index contributed by atoms with van der Waals surface area (Å²) in [5.41, 5.74) is 1.04. The fourth-order valence-corrected chi connectivity index (χ4v) is 4.49. The molecule has 3 rings (SSSR count). The monoisotopic (exact) mass is 320 g/mol. The number of aliphatic hydroxyl groups excluding tert-OH is 1. The summed E-state index contributed by atoms with van der Waals surface area (Å²) >= 11 is 1.81. The Kier molecular flexibility index (Phi) is 5.06. The SMILES string of the molecule is CC1CCCC(CO)N1CC(=O)N1CCSc2ccccc21. The number of carbonyl (C=O) groups is 1. The molecule has 0 radical (unpaired) electrons. The highest BCUT2D eigenvalue weighted by Crippen LogP contribution is 2.34. The summed E-state index contributed by atoms with van der Waals surface area (Å²) in [6.45, 7) is 3.48. The van der Waals surface area contributed by atoms with Crippen LogP contribution < -0.4 is 4.90 Å². The molecule has 2 aliphatic rings. The van der Waals surface area contributed by atoms with E-state index in [2.05, 4.69) is 17.9 Å². The number of thioether (sulfide) groups is 1. The van der Waals surface area contributed by atoms with Gasteiger partial charge in [0.15, 0.2) is 0 Å². The minimum Gasteiger partial charge on any atom is -0.395 e. The van der Waals surface area contributed by atoms with Gasteiger partial charge in [-0.2, -0.15) is 0 Å². The van der Waals surface area contributed by atoms with Crippen molar-refractivity contribution in [2.45, 2.75) is 43.2 Å². The van der Waals surface area contributed by atoms with Crippen molar-refractivity contribution in [1.82, 2.24) is 4.90 Å². The van der Waals surface area contributed by atoms with Crippen LogP contribution in [0.2, 0.25) is 0 Å². The Bertz CT molecular complexity index is 537. The minimum absolute atomic E-state index is 0.127. The maximum atomic E-state index is 12.8. The second-order valence-corrected chi connectivity index (χ2v) is 7.29. The van der Waals surface area contributed by atoms with E-state index in [1.54, 1.807) is 0 Å². The van der Waals surface area contributed by atoms with E-state index >= 15 is 0 Å². The highest BCUT2D eigenvalue weighted by molar-refractivity contribution is 7.99. The number of para-hydroxylation sites is 1. The van der Waals surface area contributed by atoms with E-state index in [9.17, 15) is 9.90 Å². The number of likely N-dealkylation sites (tertiary alicyclic amines) is 1. The standard InChI is InChI=1S/C17H24N2O2S/c1-13-5-4-6-14(12-20)19(13)11-17(21)18-9-10-22-16-8-3-2-7-15(16)18/h2-3,7-8,13-14,20H,4-6,9-12H2,1H3. The van der Waals surface area contributed by atoms with Crippen molar-refractivity contribution in [1.29, 1.82) is 0 Å². The first-order valence-electron chi connectivity index (χ1n) is 8.09. The summed E-state index contributed by atoms with van der Waals surface area (Å²) in [5, 5.41) is 9.59. The van der Waals surface area contributed by atoms with Crippen molar-refractivity contribution in [3.05, 3.63) is 24.3 Å². The van der Waals surface area contributed by atoms with Crippen LogP contribution in [-0.4, -0.2) is 53.4 Å². The number of aliphatic hydroxyl groups is 1. The lowest BCUT2D eigenvalue weighted by Gasteiger charge is -2.40. The van der Waals surface area contributed by atoms with Gasteiger partial charge >= 0.3 is 0 Å². The zero-order valence-electron chi connectivity index (χ0n) is 13.1. The van der Waals surface area contributed by atoms with Gasteiger partial charge in [-0.15, -0.1) is 11.8 Å². The van der Waals surface area contributed by atoms with Crippen LogP contribution in [0.15, 0.2) is 29.2 Å². The summed E-state index contributed by atoms with van der Waals surface area (Å²) < 4.78 is 0. The molecule has 0 bridgehead atoms. The Morgan fingerprint density at radius 2 is 2.18 bits per heavy atom. The van der Waals surface area contributed by atoms with E-state index in [0.29, 0.717) is 12.6 Å². The molecule has 2 heterocycles. The second kappa shape index (κ2) is 7.02. The van der Waals surface area contributed by atoms with Gasteiger partial charge in [-0.3, -0.25) is 9.69 Å². The molecule has 2 atom stereocenters. The van der Waals surface area contributed by atoms with E-state index in [4.69, 9.17) is 0 Å². The van der Waals surface area contributed by atoms with E-state index in [1.807, 2.05) is 34.9 Å². The number of rotatable bonds is 3. The number of nitrogens with zero attached hydrogens (tertiary/aromatic N) is 2. The third kappa shape index (κ3) is 3.16. The molecule has 0 spiro atoms. The first kappa shape index (κ1) is 15.8. The summed E-state index contributed by atoms with van der Waals surface area (Å²) in [7, 11) is 0. The van der Waals surface area contributed by atoms with Crippen LogP contribution in [0.1, 0.15) is 26.2 Å². The lowest BCUT2D eigenvalue weighted by molar-refractivity contribution is -0.121. The van der Waals surface area contributed by atoms with Crippen molar-refractivity contribution in [3.63, 3.8) is 0 Å². The van der Waals surface area contributed by atoms with Crippen molar-refractivity contribution >= 4 is 23.4 Å². The normalized spacial score (nSPS) is 25.8. The van der Waals surface area contributed by atoms with Crippen LogP contribution in [0.4, 0.5) is 5.69 Å². The molecule has 1 N–H and O–H groups in total. The number of fused-ring (bicyclic) bond motifs is 1. The number of benzene rings is 1. The first-order chi connectivity index (χ1) is 10.7. The molecule has 1 amide bonds. The minimum atomic E-state index is 0.127. The third-order valence-corrected chi connectivity index (χ3v) is 5.80. The number of hydrogen-bond acceptors (Lipinski definition) is 4. The van der Waals surface area contributed by atoms with Crippen LogP contribution in [0.3, 0.4) is 0 Å². The van der Waals surface area contributed by atoms with Gasteiger partial charge < -0.3 is 10.0 Å². The molecular formula is C17H24N2O2S. The van der Waals surface area contributed by atoms with Gasteiger partial charge in [-0.05, 0) is 31.9 Å². The van der Waals surface area contributed by atoms with Crippen molar-refractivity contribution in [2.75, 3.05) is 30.3 Å². The first-order valence-corrected chi connectivity index (χ1v) is 9.08.